The molecule has 114 valence electrons. The third kappa shape index (κ3) is 4.60. The molecule has 0 bridgehead atoms. The van der Waals surface area contributed by atoms with Crippen molar-refractivity contribution in [1.82, 2.24) is 5.32 Å². The normalized spacial score (nSPS) is 19.9. The van der Waals surface area contributed by atoms with Gasteiger partial charge in [-0.3, -0.25) is 4.79 Å². The van der Waals surface area contributed by atoms with Crippen molar-refractivity contribution in [1.29, 1.82) is 0 Å². The van der Waals surface area contributed by atoms with E-state index in [0.717, 1.165) is 5.56 Å². The van der Waals surface area contributed by atoms with Gasteiger partial charge >= 0.3 is 0 Å². The Morgan fingerprint density at radius 2 is 1.90 bits per heavy atom. The van der Waals surface area contributed by atoms with Crippen molar-refractivity contribution in [3.63, 3.8) is 0 Å². The van der Waals surface area contributed by atoms with Crippen LogP contribution >= 0.6 is 0 Å². The van der Waals surface area contributed by atoms with Crippen molar-refractivity contribution in [2.45, 2.75) is 52.0 Å². The zero-order valence-corrected chi connectivity index (χ0v) is 13.1. The van der Waals surface area contributed by atoms with Gasteiger partial charge in [0.25, 0.3) is 0 Å². The lowest BCUT2D eigenvalue weighted by molar-refractivity contribution is -0.118. The topological polar surface area (TPSA) is 47.6 Å². The monoisotopic (exact) mass is 289 g/mol. The SMILES string of the molecule is C[C@@H](OC(C)(C)C)[C@@H]1NC(=O)C=C1OCc1ccccc1. The number of nitrogens with one attached hydrogen (secondary N) is 1. The maximum atomic E-state index is 11.6. The van der Waals surface area contributed by atoms with Crippen LogP contribution in [0, 0.1) is 0 Å². The number of carbonyl (C=O) groups excluding carboxylic acids is 1. The van der Waals surface area contributed by atoms with E-state index in [2.05, 4.69) is 5.32 Å². The molecule has 0 aromatic heterocycles. The number of amides is 1. The second kappa shape index (κ2) is 6.31. The highest BCUT2D eigenvalue weighted by Crippen LogP contribution is 2.22. The fourth-order valence-corrected chi connectivity index (χ4v) is 2.33. The molecule has 0 saturated carbocycles. The molecule has 2 atom stereocenters. The quantitative estimate of drug-likeness (QED) is 0.906. The van der Waals surface area contributed by atoms with Crippen LogP contribution in [0.5, 0.6) is 0 Å². The average Bonchev–Trinajstić information content (AvgIpc) is 2.77. The number of benzene rings is 1. The summed E-state index contributed by atoms with van der Waals surface area (Å²) in [6.07, 6.45) is 1.36. The van der Waals surface area contributed by atoms with Crippen LogP contribution in [0.15, 0.2) is 42.2 Å². The Morgan fingerprint density at radius 1 is 1.24 bits per heavy atom. The second-order valence-electron chi connectivity index (χ2n) is 6.24. The van der Waals surface area contributed by atoms with Crippen LogP contribution in [0.3, 0.4) is 0 Å². The Morgan fingerprint density at radius 3 is 2.52 bits per heavy atom. The molecule has 0 spiro atoms. The van der Waals surface area contributed by atoms with Gasteiger partial charge in [-0.05, 0) is 33.3 Å². The molecule has 2 rings (SSSR count). The van der Waals surface area contributed by atoms with E-state index < -0.39 is 0 Å². The van der Waals surface area contributed by atoms with Crippen molar-refractivity contribution in [2.75, 3.05) is 0 Å². The molecule has 1 aliphatic rings. The molecule has 0 aliphatic carbocycles. The molecular weight excluding hydrogens is 266 g/mol. The minimum atomic E-state index is -0.267. The maximum absolute atomic E-state index is 11.6. The fourth-order valence-electron chi connectivity index (χ4n) is 2.33. The molecule has 21 heavy (non-hydrogen) atoms. The first-order valence-corrected chi connectivity index (χ1v) is 7.22. The number of carbonyl (C=O) groups is 1. The molecule has 1 amide bonds. The van der Waals surface area contributed by atoms with Gasteiger partial charge in [0.2, 0.25) is 5.91 Å². The lowest BCUT2D eigenvalue weighted by Gasteiger charge is -2.30. The maximum Gasteiger partial charge on any atom is 0.248 e. The van der Waals surface area contributed by atoms with Crippen molar-refractivity contribution < 1.29 is 14.3 Å². The van der Waals surface area contributed by atoms with Crippen LogP contribution in [-0.2, 0) is 20.9 Å². The summed E-state index contributed by atoms with van der Waals surface area (Å²) < 4.78 is 11.7. The Bertz CT molecular complexity index is 517. The van der Waals surface area contributed by atoms with Gasteiger partial charge < -0.3 is 14.8 Å². The molecule has 1 aliphatic heterocycles. The molecule has 0 radical (unpaired) electrons. The summed E-state index contributed by atoms with van der Waals surface area (Å²) in [4.78, 5) is 11.6. The van der Waals surface area contributed by atoms with E-state index in [-0.39, 0.29) is 23.7 Å². The Balaban J connectivity index is 1.99. The Hall–Kier alpha value is -1.81. The first-order chi connectivity index (χ1) is 9.85. The zero-order chi connectivity index (χ0) is 15.5. The van der Waals surface area contributed by atoms with Gasteiger partial charge in [0.1, 0.15) is 18.4 Å². The number of hydrogen-bond acceptors (Lipinski definition) is 3. The largest absolute Gasteiger partial charge is 0.491 e. The smallest absolute Gasteiger partial charge is 0.248 e. The van der Waals surface area contributed by atoms with Crippen LogP contribution in [0.4, 0.5) is 0 Å². The minimum Gasteiger partial charge on any atom is -0.491 e. The summed E-state index contributed by atoms with van der Waals surface area (Å²) >= 11 is 0. The van der Waals surface area contributed by atoms with E-state index in [0.29, 0.717) is 12.4 Å². The predicted octanol–water partition coefficient (Wildman–Crippen LogP) is 2.79. The lowest BCUT2D eigenvalue weighted by atomic mass is 10.1. The van der Waals surface area contributed by atoms with E-state index in [1.54, 1.807) is 0 Å². The van der Waals surface area contributed by atoms with Crippen molar-refractivity contribution in [3.05, 3.63) is 47.7 Å². The van der Waals surface area contributed by atoms with Gasteiger partial charge in [0.15, 0.2) is 0 Å². The average molecular weight is 289 g/mol. The molecule has 0 fully saturated rings. The van der Waals surface area contributed by atoms with Crippen molar-refractivity contribution in [3.8, 4) is 0 Å². The first kappa shape index (κ1) is 15.6. The van der Waals surface area contributed by atoms with E-state index >= 15 is 0 Å². The highest BCUT2D eigenvalue weighted by Gasteiger charge is 2.33. The van der Waals surface area contributed by atoms with Gasteiger partial charge in [-0.15, -0.1) is 0 Å². The Kier molecular flexibility index (Phi) is 4.68. The van der Waals surface area contributed by atoms with Gasteiger partial charge in [0.05, 0.1) is 11.7 Å². The van der Waals surface area contributed by atoms with E-state index in [4.69, 9.17) is 9.47 Å². The molecular formula is C17H23NO3. The summed E-state index contributed by atoms with van der Waals surface area (Å²) in [5.74, 6) is 0.507. The van der Waals surface area contributed by atoms with Crippen LogP contribution in [0.1, 0.15) is 33.3 Å². The third-order valence-corrected chi connectivity index (χ3v) is 3.13. The van der Waals surface area contributed by atoms with Crippen LogP contribution in [0.2, 0.25) is 0 Å². The van der Waals surface area contributed by atoms with E-state index in [1.165, 1.54) is 6.08 Å². The summed E-state index contributed by atoms with van der Waals surface area (Å²) in [7, 11) is 0. The lowest BCUT2D eigenvalue weighted by Crippen LogP contribution is -2.43. The second-order valence-corrected chi connectivity index (χ2v) is 6.24. The molecule has 0 saturated heterocycles. The molecule has 1 heterocycles. The van der Waals surface area contributed by atoms with Gasteiger partial charge in [-0.25, -0.2) is 0 Å². The van der Waals surface area contributed by atoms with Crippen molar-refractivity contribution >= 4 is 5.91 Å². The fraction of sp³-hybridized carbons (Fsp3) is 0.471. The third-order valence-electron chi connectivity index (χ3n) is 3.13. The number of rotatable bonds is 5. The summed E-state index contributed by atoms with van der Waals surface area (Å²) in [6.45, 7) is 8.37. The van der Waals surface area contributed by atoms with E-state index in [9.17, 15) is 4.79 Å². The van der Waals surface area contributed by atoms with Crippen LogP contribution in [-0.4, -0.2) is 23.7 Å². The summed E-state index contributed by atoms with van der Waals surface area (Å²) in [5.41, 5.74) is 0.804. The molecule has 0 unspecified atom stereocenters. The zero-order valence-electron chi connectivity index (χ0n) is 13.1. The first-order valence-electron chi connectivity index (χ1n) is 7.22. The van der Waals surface area contributed by atoms with Crippen LogP contribution < -0.4 is 5.32 Å². The molecule has 1 N–H and O–H groups in total. The highest BCUT2D eigenvalue weighted by atomic mass is 16.5. The number of hydrogen-bond donors (Lipinski definition) is 1. The van der Waals surface area contributed by atoms with Gasteiger partial charge in [-0.2, -0.15) is 0 Å². The highest BCUT2D eigenvalue weighted by molar-refractivity contribution is 5.91. The molecule has 4 heteroatoms. The molecule has 1 aromatic rings. The molecule has 1 aromatic carbocycles. The standard InChI is InChI=1S/C17H23NO3/c1-12(21-17(2,3)4)16-14(10-15(19)18-16)20-11-13-8-6-5-7-9-13/h5-10,12,16H,11H2,1-4H3,(H,18,19)/t12-,16+/m1/s1. The summed E-state index contributed by atoms with van der Waals surface area (Å²) in [5, 5.41) is 2.88. The van der Waals surface area contributed by atoms with Crippen molar-refractivity contribution in [2.24, 2.45) is 0 Å². The Labute approximate surface area is 126 Å². The van der Waals surface area contributed by atoms with Gasteiger partial charge in [0, 0.05) is 6.08 Å². The molecule has 4 nitrogen and oxygen atoms in total. The van der Waals surface area contributed by atoms with E-state index in [1.807, 2.05) is 58.0 Å². The predicted molar refractivity (Wildman–Crippen MR) is 81.5 cm³/mol. The van der Waals surface area contributed by atoms with Gasteiger partial charge in [-0.1, -0.05) is 30.3 Å². The number of ether oxygens (including phenoxy) is 2. The summed E-state index contributed by atoms with van der Waals surface area (Å²) in [6, 6.07) is 9.65. The van der Waals surface area contributed by atoms with Crippen LogP contribution in [0.25, 0.3) is 0 Å². The minimum absolute atomic E-state index is 0.132.